The van der Waals surface area contributed by atoms with Crippen molar-refractivity contribution in [2.45, 2.75) is 0 Å². The van der Waals surface area contributed by atoms with Gasteiger partial charge >= 0.3 is 0 Å². The highest BCUT2D eigenvalue weighted by atomic mass is 35.5. The summed E-state index contributed by atoms with van der Waals surface area (Å²) in [5, 5.41) is 15.8. The van der Waals surface area contributed by atoms with Crippen molar-refractivity contribution in [3.8, 4) is 6.07 Å². The summed E-state index contributed by atoms with van der Waals surface area (Å²) in [5.41, 5.74) is 0.504. The van der Waals surface area contributed by atoms with Crippen LogP contribution in [0.1, 0.15) is 16.1 Å². The van der Waals surface area contributed by atoms with E-state index in [4.69, 9.17) is 16.9 Å². The minimum atomic E-state index is -0.424. The molecule has 0 spiro atoms. The van der Waals surface area contributed by atoms with E-state index < -0.39 is 5.91 Å². The normalized spacial score (nSPS) is 9.83. The third kappa shape index (κ3) is 2.31. The van der Waals surface area contributed by atoms with Gasteiger partial charge in [-0.3, -0.25) is 9.48 Å². The van der Waals surface area contributed by atoms with Crippen molar-refractivity contribution in [3.05, 3.63) is 40.8 Å². The van der Waals surface area contributed by atoms with E-state index in [2.05, 4.69) is 15.4 Å². The van der Waals surface area contributed by atoms with E-state index in [1.807, 2.05) is 6.07 Å². The maximum absolute atomic E-state index is 11.9. The van der Waals surface area contributed by atoms with Crippen molar-refractivity contribution in [1.82, 2.24) is 14.8 Å². The van der Waals surface area contributed by atoms with Gasteiger partial charge in [0.25, 0.3) is 5.91 Å². The third-order valence-electron chi connectivity index (χ3n) is 2.25. The molecule has 7 heteroatoms. The largest absolute Gasteiger partial charge is 0.304 e. The molecule has 0 atom stereocenters. The summed E-state index contributed by atoms with van der Waals surface area (Å²) < 4.78 is 1.41. The maximum Gasteiger partial charge on any atom is 0.275 e. The van der Waals surface area contributed by atoms with E-state index in [0.717, 1.165) is 0 Å². The lowest BCUT2D eigenvalue weighted by atomic mass is 10.3. The number of carbonyl (C=O) groups is 1. The van der Waals surface area contributed by atoms with E-state index in [1.54, 1.807) is 13.1 Å². The number of halogens is 1. The predicted octanol–water partition coefficient (Wildman–Crippen LogP) is 1.59. The molecule has 18 heavy (non-hydrogen) atoms. The number of amides is 1. The van der Waals surface area contributed by atoms with Gasteiger partial charge in [0.05, 0.1) is 11.2 Å². The van der Waals surface area contributed by atoms with Gasteiger partial charge in [0.1, 0.15) is 23.1 Å². The van der Waals surface area contributed by atoms with Crippen molar-refractivity contribution in [2.75, 3.05) is 5.32 Å². The Morgan fingerprint density at radius 3 is 2.89 bits per heavy atom. The molecule has 2 rings (SSSR count). The first kappa shape index (κ1) is 12.1. The van der Waals surface area contributed by atoms with Crippen LogP contribution < -0.4 is 5.32 Å². The molecule has 0 fully saturated rings. The summed E-state index contributed by atoms with van der Waals surface area (Å²) in [4.78, 5) is 15.8. The Balaban J connectivity index is 2.24. The number of pyridine rings is 1. The van der Waals surface area contributed by atoms with E-state index in [9.17, 15) is 4.79 Å². The Morgan fingerprint density at radius 1 is 1.50 bits per heavy atom. The lowest BCUT2D eigenvalue weighted by Gasteiger charge is -2.05. The Labute approximate surface area is 108 Å². The molecule has 6 nitrogen and oxygen atoms in total. The van der Waals surface area contributed by atoms with Crippen molar-refractivity contribution in [3.63, 3.8) is 0 Å². The first-order chi connectivity index (χ1) is 8.61. The van der Waals surface area contributed by atoms with Crippen molar-refractivity contribution >= 4 is 23.3 Å². The first-order valence-electron chi connectivity index (χ1n) is 4.97. The molecule has 1 amide bonds. The standard InChI is InChI=1S/C11H8ClN5O/c1-17-10(7(4-13)5-15-17)16-11(18)9-3-2-8(12)6-14-9/h2-3,5-6H,1H3,(H,16,18). The van der Waals surface area contributed by atoms with Gasteiger partial charge in [-0.05, 0) is 12.1 Å². The molecule has 0 aromatic carbocycles. The summed E-state index contributed by atoms with van der Waals surface area (Å²) in [7, 11) is 1.63. The zero-order chi connectivity index (χ0) is 13.1. The number of nitrogens with zero attached hydrogens (tertiary/aromatic N) is 4. The van der Waals surface area contributed by atoms with Gasteiger partial charge in [-0.1, -0.05) is 11.6 Å². The van der Waals surface area contributed by atoms with E-state index in [1.165, 1.54) is 23.1 Å². The number of aromatic nitrogens is 3. The Bertz CT molecular complexity index is 626. The van der Waals surface area contributed by atoms with Crippen LogP contribution in [-0.2, 0) is 7.05 Å². The fourth-order valence-electron chi connectivity index (χ4n) is 1.35. The molecular formula is C11H8ClN5O. The number of carbonyl (C=O) groups excluding carboxylic acids is 1. The van der Waals surface area contributed by atoms with Crippen LogP contribution in [0.2, 0.25) is 5.02 Å². The Morgan fingerprint density at radius 2 is 2.28 bits per heavy atom. The zero-order valence-electron chi connectivity index (χ0n) is 9.38. The molecule has 2 aromatic heterocycles. The van der Waals surface area contributed by atoms with Gasteiger partial charge in [-0.2, -0.15) is 10.4 Å². The SMILES string of the molecule is Cn1ncc(C#N)c1NC(=O)c1ccc(Cl)cn1. The molecule has 0 saturated heterocycles. The summed E-state index contributed by atoms with van der Waals surface area (Å²) in [5.74, 6) is -0.0917. The molecule has 90 valence electrons. The number of nitrogens with one attached hydrogen (secondary N) is 1. The summed E-state index contributed by atoms with van der Waals surface area (Å²) in [6, 6.07) is 5.01. The molecule has 0 saturated carbocycles. The van der Waals surface area contributed by atoms with Gasteiger partial charge in [-0.25, -0.2) is 4.98 Å². The van der Waals surface area contributed by atoms with Crippen LogP contribution in [0.4, 0.5) is 5.82 Å². The fraction of sp³-hybridized carbons (Fsp3) is 0.0909. The summed E-state index contributed by atoms with van der Waals surface area (Å²) in [6.07, 6.45) is 2.76. The van der Waals surface area contributed by atoms with Gasteiger partial charge in [0.2, 0.25) is 0 Å². The Kier molecular flexibility index (Phi) is 3.26. The average Bonchev–Trinajstić information content (AvgIpc) is 2.71. The van der Waals surface area contributed by atoms with Gasteiger partial charge in [0.15, 0.2) is 0 Å². The lowest BCUT2D eigenvalue weighted by molar-refractivity contribution is 0.102. The molecule has 0 radical (unpaired) electrons. The van der Waals surface area contributed by atoms with Crippen LogP contribution in [-0.4, -0.2) is 20.7 Å². The molecule has 1 N–H and O–H groups in total. The first-order valence-corrected chi connectivity index (χ1v) is 5.34. The number of anilines is 1. The fourth-order valence-corrected chi connectivity index (χ4v) is 1.46. The van der Waals surface area contributed by atoms with Crippen LogP contribution >= 0.6 is 11.6 Å². The second-order valence-electron chi connectivity index (χ2n) is 3.46. The molecule has 2 heterocycles. The monoisotopic (exact) mass is 261 g/mol. The molecule has 0 aliphatic rings. The average molecular weight is 262 g/mol. The van der Waals surface area contributed by atoms with Crippen LogP contribution in [0.25, 0.3) is 0 Å². The zero-order valence-corrected chi connectivity index (χ0v) is 10.1. The maximum atomic E-state index is 11.9. The van der Waals surface area contributed by atoms with Gasteiger partial charge in [0, 0.05) is 13.2 Å². The quantitative estimate of drug-likeness (QED) is 0.890. The highest BCUT2D eigenvalue weighted by Crippen LogP contribution is 2.14. The molecule has 0 unspecified atom stereocenters. The lowest BCUT2D eigenvalue weighted by Crippen LogP contribution is -2.16. The van der Waals surface area contributed by atoms with Crippen LogP contribution in [0.3, 0.4) is 0 Å². The minimum absolute atomic E-state index is 0.212. The van der Waals surface area contributed by atoms with Crippen molar-refractivity contribution < 1.29 is 4.79 Å². The third-order valence-corrected chi connectivity index (χ3v) is 2.47. The number of aryl methyl sites for hydroxylation is 1. The summed E-state index contributed by atoms with van der Waals surface area (Å²) >= 11 is 5.68. The Hall–Kier alpha value is -2.39. The van der Waals surface area contributed by atoms with E-state index in [0.29, 0.717) is 16.4 Å². The molecular weight excluding hydrogens is 254 g/mol. The second kappa shape index (κ2) is 4.85. The highest BCUT2D eigenvalue weighted by molar-refractivity contribution is 6.30. The molecule has 2 aromatic rings. The number of nitriles is 1. The van der Waals surface area contributed by atoms with Gasteiger partial charge < -0.3 is 5.32 Å². The number of hydrogen-bond donors (Lipinski definition) is 1. The summed E-state index contributed by atoms with van der Waals surface area (Å²) in [6.45, 7) is 0. The number of hydrogen-bond acceptors (Lipinski definition) is 4. The van der Waals surface area contributed by atoms with Crippen LogP contribution in [0.15, 0.2) is 24.5 Å². The van der Waals surface area contributed by atoms with Crippen molar-refractivity contribution in [2.24, 2.45) is 7.05 Å². The highest BCUT2D eigenvalue weighted by Gasteiger charge is 2.13. The van der Waals surface area contributed by atoms with E-state index in [-0.39, 0.29) is 5.69 Å². The smallest absolute Gasteiger partial charge is 0.275 e. The minimum Gasteiger partial charge on any atom is -0.304 e. The number of rotatable bonds is 2. The van der Waals surface area contributed by atoms with Crippen LogP contribution in [0, 0.1) is 11.3 Å². The molecule has 0 aliphatic carbocycles. The second-order valence-corrected chi connectivity index (χ2v) is 3.89. The van der Waals surface area contributed by atoms with E-state index >= 15 is 0 Å². The van der Waals surface area contributed by atoms with Gasteiger partial charge in [-0.15, -0.1) is 0 Å². The topological polar surface area (TPSA) is 83.6 Å². The molecule has 0 aliphatic heterocycles. The van der Waals surface area contributed by atoms with Crippen molar-refractivity contribution in [1.29, 1.82) is 5.26 Å². The van der Waals surface area contributed by atoms with Crippen LogP contribution in [0.5, 0.6) is 0 Å². The predicted molar refractivity (Wildman–Crippen MR) is 65.1 cm³/mol. The molecule has 0 bridgehead atoms.